The van der Waals surface area contributed by atoms with Gasteiger partial charge in [0, 0.05) is 12.1 Å². The van der Waals surface area contributed by atoms with Gasteiger partial charge in [0.05, 0.1) is 0 Å². The molecule has 0 radical (unpaired) electrons. The van der Waals surface area contributed by atoms with Crippen LogP contribution >= 0.6 is 11.8 Å². The molecule has 1 N–H and O–H groups in total. The molecule has 1 aliphatic rings. The standard InChI is InChI=1S/C17H25F2NS/c1-2-5-20-17(10-13-3-6-21-7-4-13)11-14-8-15(18)12-16(19)9-14/h8-9,12-13,17,20H,2-7,10-11H2,1H3. The summed E-state index contributed by atoms with van der Waals surface area (Å²) in [5.74, 6) is 2.29. The summed E-state index contributed by atoms with van der Waals surface area (Å²) in [4.78, 5) is 0. The van der Waals surface area contributed by atoms with Crippen LogP contribution in [0.15, 0.2) is 18.2 Å². The molecule has 21 heavy (non-hydrogen) atoms. The predicted molar refractivity (Wildman–Crippen MR) is 86.8 cm³/mol. The Kier molecular flexibility index (Phi) is 6.97. The smallest absolute Gasteiger partial charge is 0.126 e. The van der Waals surface area contributed by atoms with Crippen molar-refractivity contribution in [2.75, 3.05) is 18.1 Å². The van der Waals surface area contributed by atoms with Gasteiger partial charge in [-0.2, -0.15) is 11.8 Å². The van der Waals surface area contributed by atoms with Crippen LogP contribution in [0.1, 0.15) is 38.2 Å². The number of benzene rings is 1. The maximum Gasteiger partial charge on any atom is 0.126 e. The molecule has 0 aliphatic carbocycles. The summed E-state index contributed by atoms with van der Waals surface area (Å²) in [5.41, 5.74) is 0.756. The second kappa shape index (κ2) is 8.74. The second-order valence-corrected chi connectivity index (χ2v) is 7.15. The van der Waals surface area contributed by atoms with Gasteiger partial charge >= 0.3 is 0 Å². The van der Waals surface area contributed by atoms with Crippen molar-refractivity contribution in [2.24, 2.45) is 5.92 Å². The van der Waals surface area contributed by atoms with Gasteiger partial charge in [0.1, 0.15) is 11.6 Å². The zero-order valence-electron chi connectivity index (χ0n) is 12.7. The van der Waals surface area contributed by atoms with E-state index in [1.54, 1.807) is 0 Å². The molecule has 1 fully saturated rings. The molecule has 4 heteroatoms. The zero-order valence-corrected chi connectivity index (χ0v) is 13.5. The fourth-order valence-corrected chi connectivity index (χ4v) is 4.19. The summed E-state index contributed by atoms with van der Waals surface area (Å²) >= 11 is 2.03. The topological polar surface area (TPSA) is 12.0 Å². The minimum Gasteiger partial charge on any atom is -0.314 e. The first-order chi connectivity index (χ1) is 10.2. The largest absolute Gasteiger partial charge is 0.314 e. The molecule has 1 heterocycles. The molecule has 1 nitrogen and oxygen atoms in total. The normalized spacial score (nSPS) is 17.9. The highest BCUT2D eigenvalue weighted by atomic mass is 32.2. The van der Waals surface area contributed by atoms with Gasteiger partial charge in [-0.1, -0.05) is 6.92 Å². The van der Waals surface area contributed by atoms with Crippen molar-refractivity contribution in [3.05, 3.63) is 35.4 Å². The van der Waals surface area contributed by atoms with E-state index in [1.165, 1.54) is 36.5 Å². The van der Waals surface area contributed by atoms with Gasteiger partial charge in [0.15, 0.2) is 0 Å². The van der Waals surface area contributed by atoms with Gasteiger partial charge in [-0.3, -0.25) is 0 Å². The number of nitrogens with one attached hydrogen (secondary N) is 1. The van der Waals surface area contributed by atoms with Gasteiger partial charge in [0.2, 0.25) is 0 Å². The van der Waals surface area contributed by atoms with E-state index in [4.69, 9.17) is 0 Å². The molecule has 0 spiro atoms. The lowest BCUT2D eigenvalue weighted by Gasteiger charge is -2.27. The summed E-state index contributed by atoms with van der Waals surface area (Å²) in [6, 6.07) is 4.18. The molecular weight excluding hydrogens is 288 g/mol. The Bertz CT molecular complexity index is 413. The van der Waals surface area contributed by atoms with E-state index in [0.717, 1.165) is 36.9 Å². The molecule has 0 saturated carbocycles. The number of rotatable bonds is 7. The molecule has 1 saturated heterocycles. The highest BCUT2D eigenvalue weighted by Gasteiger charge is 2.19. The molecule has 1 atom stereocenters. The Morgan fingerprint density at radius 2 is 1.86 bits per heavy atom. The zero-order chi connectivity index (χ0) is 15.1. The lowest BCUT2D eigenvalue weighted by molar-refractivity contribution is 0.362. The van der Waals surface area contributed by atoms with E-state index < -0.39 is 11.6 Å². The number of thioether (sulfide) groups is 1. The maximum atomic E-state index is 13.3. The van der Waals surface area contributed by atoms with Crippen molar-refractivity contribution in [3.63, 3.8) is 0 Å². The van der Waals surface area contributed by atoms with Crippen molar-refractivity contribution in [1.29, 1.82) is 0 Å². The molecular formula is C17H25F2NS. The molecule has 118 valence electrons. The maximum absolute atomic E-state index is 13.3. The van der Waals surface area contributed by atoms with Gasteiger partial charge in [0.25, 0.3) is 0 Å². The third-order valence-electron chi connectivity index (χ3n) is 4.05. The number of halogens is 2. The molecule has 1 unspecified atom stereocenters. The van der Waals surface area contributed by atoms with Crippen LogP contribution in [0.25, 0.3) is 0 Å². The van der Waals surface area contributed by atoms with Crippen molar-refractivity contribution in [1.82, 2.24) is 5.32 Å². The fourth-order valence-electron chi connectivity index (χ4n) is 2.99. The lowest BCUT2D eigenvalue weighted by atomic mass is 9.91. The van der Waals surface area contributed by atoms with Gasteiger partial charge < -0.3 is 5.32 Å². The molecule has 0 amide bonds. The van der Waals surface area contributed by atoms with Crippen LogP contribution in [0.2, 0.25) is 0 Å². The predicted octanol–water partition coefficient (Wildman–Crippen LogP) is 4.41. The van der Waals surface area contributed by atoms with Crippen LogP contribution in [-0.2, 0) is 6.42 Å². The minimum atomic E-state index is -0.478. The third kappa shape index (κ3) is 5.95. The highest BCUT2D eigenvalue weighted by Crippen LogP contribution is 2.27. The molecule has 0 bridgehead atoms. The van der Waals surface area contributed by atoms with E-state index >= 15 is 0 Å². The Labute approximate surface area is 130 Å². The van der Waals surface area contributed by atoms with Gasteiger partial charge in [-0.05, 0) is 73.8 Å². The van der Waals surface area contributed by atoms with E-state index in [2.05, 4.69) is 12.2 Å². The van der Waals surface area contributed by atoms with Crippen LogP contribution in [0.3, 0.4) is 0 Å². The van der Waals surface area contributed by atoms with Crippen LogP contribution in [0.4, 0.5) is 8.78 Å². The molecule has 2 rings (SSSR count). The van der Waals surface area contributed by atoms with E-state index in [-0.39, 0.29) is 0 Å². The Balaban J connectivity index is 1.97. The van der Waals surface area contributed by atoms with E-state index in [0.29, 0.717) is 12.5 Å². The SMILES string of the molecule is CCCNC(Cc1cc(F)cc(F)c1)CC1CCSCC1. The quantitative estimate of drug-likeness (QED) is 0.800. The first-order valence-corrected chi connectivity index (χ1v) is 9.09. The molecule has 1 aromatic carbocycles. The van der Waals surface area contributed by atoms with Gasteiger partial charge in [-0.15, -0.1) is 0 Å². The summed E-state index contributed by atoms with van der Waals surface area (Å²) in [7, 11) is 0. The minimum absolute atomic E-state index is 0.319. The molecule has 0 aromatic heterocycles. The fraction of sp³-hybridized carbons (Fsp3) is 0.647. The van der Waals surface area contributed by atoms with Crippen molar-refractivity contribution >= 4 is 11.8 Å². The number of hydrogen-bond acceptors (Lipinski definition) is 2. The summed E-state index contributed by atoms with van der Waals surface area (Å²) in [6.07, 6.45) is 5.44. The molecule has 1 aliphatic heterocycles. The first-order valence-electron chi connectivity index (χ1n) is 7.93. The highest BCUT2D eigenvalue weighted by molar-refractivity contribution is 7.99. The van der Waals surface area contributed by atoms with Crippen molar-refractivity contribution < 1.29 is 8.78 Å². The lowest BCUT2D eigenvalue weighted by Crippen LogP contribution is -2.34. The number of hydrogen-bond donors (Lipinski definition) is 1. The molecule has 1 aromatic rings. The Hall–Kier alpha value is -0.610. The van der Waals surface area contributed by atoms with Crippen LogP contribution in [0.5, 0.6) is 0 Å². The average Bonchev–Trinajstić information content (AvgIpc) is 2.45. The summed E-state index contributed by atoms with van der Waals surface area (Å²) in [5, 5.41) is 3.55. The van der Waals surface area contributed by atoms with Crippen LogP contribution in [0, 0.1) is 17.6 Å². The van der Waals surface area contributed by atoms with Crippen LogP contribution in [-0.4, -0.2) is 24.1 Å². The van der Waals surface area contributed by atoms with Crippen molar-refractivity contribution in [2.45, 2.75) is 45.1 Å². The van der Waals surface area contributed by atoms with Crippen molar-refractivity contribution in [3.8, 4) is 0 Å². The second-order valence-electron chi connectivity index (χ2n) is 5.92. The van der Waals surface area contributed by atoms with Crippen LogP contribution < -0.4 is 5.32 Å². The van der Waals surface area contributed by atoms with E-state index in [9.17, 15) is 8.78 Å². The summed E-state index contributed by atoms with van der Waals surface area (Å²) in [6.45, 7) is 3.10. The monoisotopic (exact) mass is 313 g/mol. The van der Waals surface area contributed by atoms with E-state index in [1.807, 2.05) is 11.8 Å². The first kappa shape index (κ1) is 16.8. The van der Waals surface area contributed by atoms with Gasteiger partial charge in [-0.25, -0.2) is 8.78 Å². The third-order valence-corrected chi connectivity index (χ3v) is 5.09. The Morgan fingerprint density at radius 3 is 2.48 bits per heavy atom. The summed E-state index contributed by atoms with van der Waals surface area (Å²) < 4.78 is 26.7. The average molecular weight is 313 g/mol. The Morgan fingerprint density at radius 1 is 1.19 bits per heavy atom.